The largest absolute Gasteiger partial charge is 0.460 e. The molecular formula is C14H23NO3. The summed E-state index contributed by atoms with van der Waals surface area (Å²) in [5.74, 6) is 1.15. The Morgan fingerprint density at radius 1 is 1.33 bits per heavy atom. The Morgan fingerprint density at radius 2 is 2.00 bits per heavy atom. The van der Waals surface area contributed by atoms with Gasteiger partial charge in [0.25, 0.3) is 0 Å². The second kappa shape index (κ2) is 6.57. The fourth-order valence-corrected chi connectivity index (χ4v) is 1.64. The van der Waals surface area contributed by atoms with Gasteiger partial charge < -0.3 is 9.15 Å². The third-order valence-electron chi connectivity index (χ3n) is 2.81. The molecule has 0 radical (unpaired) electrons. The molecule has 0 aliphatic carbocycles. The standard InChI is InChI=1S/C14H23NO3/c1-6-10(5)13-15-11(8-9(3)4)12(18-13)14(16)17-7-2/h9-10H,6-8H2,1-5H3. The first-order valence-electron chi connectivity index (χ1n) is 6.66. The van der Waals surface area contributed by atoms with E-state index in [0.29, 0.717) is 18.4 Å². The Morgan fingerprint density at radius 3 is 2.50 bits per heavy atom. The summed E-state index contributed by atoms with van der Waals surface area (Å²) in [4.78, 5) is 16.3. The number of rotatable bonds is 6. The Hall–Kier alpha value is -1.32. The molecule has 4 heteroatoms. The van der Waals surface area contributed by atoms with Gasteiger partial charge in [-0.25, -0.2) is 9.78 Å². The fourth-order valence-electron chi connectivity index (χ4n) is 1.64. The van der Waals surface area contributed by atoms with Gasteiger partial charge in [0.2, 0.25) is 5.76 Å². The summed E-state index contributed by atoms with van der Waals surface area (Å²) in [7, 11) is 0. The minimum absolute atomic E-state index is 0.221. The zero-order chi connectivity index (χ0) is 13.7. The van der Waals surface area contributed by atoms with Crippen molar-refractivity contribution < 1.29 is 13.9 Å². The van der Waals surface area contributed by atoms with Gasteiger partial charge in [0.05, 0.1) is 12.3 Å². The van der Waals surface area contributed by atoms with Gasteiger partial charge in [0, 0.05) is 5.92 Å². The van der Waals surface area contributed by atoms with Gasteiger partial charge in [-0.05, 0) is 25.7 Å². The first-order valence-corrected chi connectivity index (χ1v) is 6.66. The highest BCUT2D eigenvalue weighted by Crippen LogP contribution is 2.23. The van der Waals surface area contributed by atoms with Crippen LogP contribution in [0.2, 0.25) is 0 Å². The normalized spacial score (nSPS) is 12.8. The maximum atomic E-state index is 11.8. The van der Waals surface area contributed by atoms with E-state index >= 15 is 0 Å². The number of ether oxygens (including phenoxy) is 1. The number of aromatic nitrogens is 1. The molecule has 0 amide bonds. The number of esters is 1. The smallest absolute Gasteiger partial charge is 0.376 e. The van der Waals surface area contributed by atoms with E-state index in [1.54, 1.807) is 6.92 Å². The lowest BCUT2D eigenvalue weighted by Crippen LogP contribution is -2.08. The summed E-state index contributed by atoms with van der Waals surface area (Å²) >= 11 is 0. The van der Waals surface area contributed by atoms with E-state index in [-0.39, 0.29) is 11.7 Å². The predicted molar refractivity (Wildman–Crippen MR) is 69.7 cm³/mol. The van der Waals surface area contributed by atoms with Gasteiger partial charge in [0.15, 0.2) is 5.89 Å². The molecule has 4 nitrogen and oxygen atoms in total. The molecule has 0 saturated heterocycles. The van der Waals surface area contributed by atoms with Gasteiger partial charge >= 0.3 is 5.97 Å². The molecule has 1 aromatic rings. The van der Waals surface area contributed by atoms with E-state index in [2.05, 4.69) is 25.8 Å². The Kier molecular flexibility index (Phi) is 5.38. The number of hydrogen-bond donors (Lipinski definition) is 0. The molecule has 102 valence electrons. The first kappa shape index (κ1) is 14.7. The molecule has 0 spiro atoms. The number of nitrogens with zero attached hydrogens (tertiary/aromatic N) is 1. The number of carbonyl (C=O) groups is 1. The van der Waals surface area contributed by atoms with Crippen LogP contribution in [0.25, 0.3) is 0 Å². The zero-order valence-electron chi connectivity index (χ0n) is 11.9. The maximum Gasteiger partial charge on any atom is 0.376 e. The Balaban J connectivity index is 3.04. The molecule has 0 aliphatic heterocycles. The second-order valence-corrected chi connectivity index (χ2v) is 4.96. The van der Waals surface area contributed by atoms with Crippen LogP contribution < -0.4 is 0 Å². The molecule has 0 fully saturated rings. The van der Waals surface area contributed by atoms with Crippen LogP contribution in [-0.4, -0.2) is 17.6 Å². The summed E-state index contributed by atoms with van der Waals surface area (Å²) < 4.78 is 10.6. The molecule has 1 aromatic heterocycles. The number of carbonyl (C=O) groups excluding carboxylic acids is 1. The average Bonchev–Trinajstić information content (AvgIpc) is 2.71. The molecule has 0 bridgehead atoms. The zero-order valence-corrected chi connectivity index (χ0v) is 11.9. The van der Waals surface area contributed by atoms with Crippen molar-refractivity contribution in [1.29, 1.82) is 0 Å². The Labute approximate surface area is 109 Å². The van der Waals surface area contributed by atoms with Crippen LogP contribution in [0.3, 0.4) is 0 Å². The van der Waals surface area contributed by atoms with Crippen LogP contribution in [0.1, 0.15) is 69.1 Å². The lowest BCUT2D eigenvalue weighted by atomic mass is 10.1. The van der Waals surface area contributed by atoms with Gasteiger partial charge in [-0.1, -0.05) is 27.7 Å². The van der Waals surface area contributed by atoms with E-state index in [4.69, 9.17) is 9.15 Å². The van der Waals surface area contributed by atoms with E-state index < -0.39 is 5.97 Å². The summed E-state index contributed by atoms with van der Waals surface area (Å²) in [6, 6.07) is 0. The van der Waals surface area contributed by atoms with Crippen molar-refractivity contribution in [2.75, 3.05) is 6.61 Å². The highest BCUT2D eigenvalue weighted by atomic mass is 16.5. The summed E-state index contributed by atoms with van der Waals surface area (Å²) in [6.07, 6.45) is 1.66. The third-order valence-corrected chi connectivity index (χ3v) is 2.81. The highest BCUT2D eigenvalue weighted by Gasteiger charge is 2.23. The maximum absolute atomic E-state index is 11.8. The highest BCUT2D eigenvalue weighted by molar-refractivity contribution is 5.87. The second-order valence-electron chi connectivity index (χ2n) is 4.96. The minimum atomic E-state index is -0.407. The van der Waals surface area contributed by atoms with Gasteiger partial charge in [-0.15, -0.1) is 0 Å². The van der Waals surface area contributed by atoms with Crippen molar-refractivity contribution >= 4 is 5.97 Å². The molecular weight excluding hydrogens is 230 g/mol. The quantitative estimate of drug-likeness (QED) is 0.727. The molecule has 0 aliphatic rings. The van der Waals surface area contributed by atoms with Crippen molar-refractivity contribution in [3.8, 4) is 0 Å². The third kappa shape index (κ3) is 3.59. The molecule has 1 unspecified atom stereocenters. The monoisotopic (exact) mass is 253 g/mol. The van der Waals surface area contributed by atoms with Crippen LogP contribution in [0.4, 0.5) is 0 Å². The molecule has 1 rings (SSSR count). The summed E-state index contributed by atoms with van der Waals surface area (Å²) in [5, 5.41) is 0. The van der Waals surface area contributed by atoms with Gasteiger partial charge in [-0.2, -0.15) is 0 Å². The molecule has 0 N–H and O–H groups in total. The van der Waals surface area contributed by atoms with E-state index in [1.807, 2.05) is 6.92 Å². The van der Waals surface area contributed by atoms with Crippen molar-refractivity contribution in [2.45, 2.75) is 53.4 Å². The van der Waals surface area contributed by atoms with Gasteiger partial charge in [0.1, 0.15) is 0 Å². The molecule has 0 aromatic carbocycles. The van der Waals surface area contributed by atoms with Crippen LogP contribution in [0.15, 0.2) is 4.42 Å². The lowest BCUT2D eigenvalue weighted by Gasteiger charge is -2.02. The van der Waals surface area contributed by atoms with E-state index in [0.717, 1.165) is 18.5 Å². The topological polar surface area (TPSA) is 52.3 Å². The first-order chi connectivity index (χ1) is 8.49. The van der Waals surface area contributed by atoms with E-state index in [9.17, 15) is 4.79 Å². The summed E-state index contributed by atoms with van der Waals surface area (Å²) in [5.41, 5.74) is 0.721. The molecule has 1 heterocycles. The molecule has 18 heavy (non-hydrogen) atoms. The molecule has 0 saturated carbocycles. The SMILES string of the molecule is CCOC(=O)c1oc(C(C)CC)nc1CC(C)C. The Bertz CT molecular complexity index is 396. The van der Waals surface area contributed by atoms with Gasteiger partial charge in [-0.3, -0.25) is 0 Å². The van der Waals surface area contributed by atoms with Crippen LogP contribution in [0, 0.1) is 5.92 Å². The number of hydrogen-bond acceptors (Lipinski definition) is 4. The van der Waals surface area contributed by atoms with Crippen molar-refractivity contribution in [1.82, 2.24) is 4.98 Å². The van der Waals surface area contributed by atoms with Crippen LogP contribution >= 0.6 is 0 Å². The molecule has 1 atom stereocenters. The predicted octanol–water partition coefficient (Wildman–Crippen LogP) is 3.56. The minimum Gasteiger partial charge on any atom is -0.460 e. The van der Waals surface area contributed by atoms with E-state index in [1.165, 1.54) is 0 Å². The van der Waals surface area contributed by atoms with Crippen LogP contribution in [-0.2, 0) is 11.2 Å². The summed E-state index contributed by atoms with van der Waals surface area (Å²) in [6.45, 7) is 10.4. The fraction of sp³-hybridized carbons (Fsp3) is 0.714. The van der Waals surface area contributed by atoms with Crippen molar-refractivity contribution in [2.24, 2.45) is 5.92 Å². The number of oxazole rings is 1. The van der Waals surface area contributed by atoms with Crippen LogP contribution in [0.5, 0.6) is 0 Å². The lowest BCUT2D eigenvalue weighted by molar-refractivity contribution is 0.0485. The average molecular weight is 253 g/mol. The van der Waals surface area contributed by atoms with Crippen molar-refractivity contribution in [3.63, 3.8) is 0 Å². The van der Waals surface area contributed by atoms with Crippen molar-refractivity contribution in [3.05, 3.63) is 17.3 Å².